The van der Waals surface area contributed by atoms with Gasteiger partial charge in [0.25, 0.3) is 0 Å². The number of aromatic amines is 1. The number of thiazole rings is 1. The van der Waals surface area contributed by atoms with Crippen LogP contribution >= 0.6 is 11.3 Å². The van der Waals surface area contributed by atoms with Gasteiger partial charge in [-0.25, -0.2) is 0 Å². The van der Waals surface area contributed by atoms with Crippen molar-refractivity contribution < 1.29 is 14.6 Å². The summed E-state index contributed by atoms with van der Waals surface area (Å²) >= 11 is 1.03. The van der Waals surface area contributed by atoms with E-state index in [1.165, 1.54) is 0 Å². The van der Waals surface area contributed by atoms with Crippen molar-refractivity contribution in [3.63, 3.8) is 0 Å². The van der Waals surface area contributed by atoms with Crippen molar-refractivity contribution in [2.45, 2.75) is 6.42 Å². The molecule has 7 heteroatoms. The number of aromatic nitrogens is 1. The highest BCUT2D eigenvalue weighted by Crippen LogP contribution is 2.21. The Labute approximate surface area is 138 Å². The minimum absolute atomic E-state index is 0.0363. The predicted molar refractivity (Wildman–Crippen MR) is 88.6 cm³/mol. The Balaban J connectivity index is 1.48. The molecule has 2 heterocycles. The first kappa shape index (κ1) is 16.0. The van der Waals surface area contributed by atoms with Crippen LogP contribution in [0.5, 0.6) is 11.6 Å². The van der Waals surface area contributed by atoms with E-state index in [2.05, 4.69) is 9.88 Å². The summed E-state index contributed by atoms with van der Waals surface area (Å²) in [6.07, 6.45) is 0.531. The number of hydrogen-bond donors (Lipinski definition) is 2. The van der Waals surface area contributed by atoms with Gasteiger partial charge in [-0.05, 0) is 17.7 Å². The average molecular weight is 336 g/mol. The highest BCUT2D eigenvalue weighted by molar-refractivity contribution is 7.09. The maximum Gasteiger partial charge on any atom is 0.307 e. The SMILES string of the molecule is O=c1[nH]c(O)c(Cc2ccc(OCCN3CCOCC3)cc2)s1. The third kappa shape index (κ3) is 4.57. The van der Waals surface area contributed by atoms with Gasteiger partial charge in [0, 0.05) is 26.1 Å². The number of benzene rings is 1. The van der Waals surface area contributed by atoms with E-state index in [1.807, 2.05) is 24.3 Å². The van der Waals surface area contributed by atoms with Crippen LogP contribution in [0.15, 0.2) is 29.1 Å². The van der Waals surface area contributed by atoms with Gasteiger partial charge in [0.2, 0.25) is 5.88 Å². The summed E-state index contributed by atoms with van der Waals surface area (Å²) in [5.74, 6) is 0.791. The second-order valence-electron chi connectivity index (χ2n) is 5.41. The van der Waals surface area contributed by atoms with Crippen LogP contribution < -0.4 is 9.61 Å². The zero-order valence-electron chi connectivity index (χ0n) is 12.8. The Hall–Kier alpha value is -1.83. The molecule has 1 fully saturated rings. The fraction of sp³-hybridized carbons (Fsp3) is 0.438. The van der Waals surface area contributed by atoms with E-state index in [4.69, 9.17) is 9.47 Å². The number of nitrogens with zero attached hydrogens (tertiary/aromatic N) is 1. The minimum Gasteiger partial charge on any atom is -0.494 e. The van der Waals surface area contributed by atoms with Crippen LogP contribution in [0, 0.1) is 0 Å². The Bertz CT molecular complexity index is 674. The van der Waals surface area contributed by atoms with Crippen molar-refractivity contribution in [3.8, 4) is 11.6 Å². The topological polar surface area (TPSA) is 74.8 Å². The first-order valence-corrected chi connectivity index (χ1v) is 8.45. The van der Waals surface area contributed by atoms with Crippen LogP contribution in [0.25, 0.3) is 0 Å². The summed E-state index contributed by atoms with van der Waals surface area (Å²) in [6.45, 7) is 5.08. The largest absolute Gasteiger partial charge is 0.494 e. The van der Waals surface area contributed by atoms with Gasteiger partial charge in [0.1, 0.15) is 12.4 Å². The maximum atomic E-state index is 11.2. The first-order valence-electron chi connectivity index (χ1n) is 7.63. The molecule has 1 aliphatic rings. The fourth-order valence-electron chi connectivity index (χ4n) is 2.48. The highest BCUT2D eigenvalue weighted by Gasteiger charge is 2.10. The summed E-state index contributed by atoms with van der Waals surface area (Å²) < 4.78 is 11.1. The molecule has 3 rings (SSSR count). The molecular weight excluding hydrogens is 316 g/mol. The molecule has 1 saturated heterocycles. The molecular formula is C16H20N2O4S. The number of ether oxygens (including phenoxy) is 2. The van der Waals surface area contributed by atoms with Crippen LogP contribution in [0.3, 0.4) is 0 Å². The molecule has 6 nitrogen and oxygen atoms in total. The van der Waals surface area contributed by atoms with E-state index in [9.17, 15) is 9.90 Å². The molecule has 0 saturated carbocycles. The summed E-state index contributed by atoms with van der Waals surface area (Å²) in [6, 6.07) is 7.74. The van der Waals surface area contributed by atoms with Gasteiger partial charge in [0.15, 0.2) is 0 Å². The van der Waals surface area contributed by atoms with Crippen molar-refractivity contribution in [2.75, 3.05) is 39.5 Å². The number of hydrogen-bond acceptors (Lipinski definition) is 6. The predicted octanol–water partition coefficient (Wildman–Crippen LogP) is 1.44. The van der Waals surface area contributed by atoms with Crippen molar-refractivity contribution in [1.29, 1.82) is 0 Å². The van der Waals surface area contributed by atoms with Gasteiger partial charge in [-0.1, -0.05) is 23.5 Å². The van der Waals surface area contributed by atoms with Crippen LogP contribution in [0.4, 0.5) is 0 Å². The highest BCUT2D eigenvalue weighted by atomic mass is 32.1. The third-order valence-electron chi connectivity index (χ3n) is 3.77. The monoisotopic (exact) mass is 336 g/mol. The van der Waals surface area contributed by atoms with E-state index in [1.54, 1.807) is 0 Å². The molecule has 0 atom stereocenters. The van der Waals surface area contributed by atoms with E-state index < -0.39 is 0 Å². The lowest BCUT2D eigenvalue weighted by atomic mass is 10.1. The molecule has 0 bridgehead atoms. The van der Waals surface area contributed by atoms with Crippen LogP contribution in [0.1, 0.15) is 10.4 Å². The molecule has 0 amide bonds. The van der Waals surface area contributed by atoms with Gasteiger partial charge in [-0.3, -0.25) is 14.7 Å². The normalized spacial score (nSPS) is 15.7. The Morgan fingerprint density at radius 3 is 2.65 bits per heavy atom. The summed E-state index contributed by atoms with van der Waals surface area (Å²) in [5.41, 5.74) is 1.02. The zero-order chi connectivity index (χ0) is 16.1. The van der Waals surface area contributed by atoms with Gasteiger partial charge >= 0.3 is 4.87 Å². The van der Waals surface area contributed by atoms with Crippen molar-refractivity contribution in [1.82, 2.24) is 9.88 Å². The van der Waals surface area contributed by atoms with Gasteiger partial charge in [-0.15, -0.1) is 0 Å². The third-order valence-corrected chi connectivity index (χ3v) is 4.64. The number of H-pyrrole nitrogens is 1. The smallest absolute Gasteiger partial charge is 0.307 e. The van der Waals surface area contributed by atoms with Crippen molar-refractivity contribution in [2.24, 2.45) is 0 Å². The number of nitrogens with one attached hydrogen (secondary N) is 1. The summed E-state index contributed by atoms with van der Waals surface area (Å²) in [5, 5.41) is 9.60. The quantitative estimate of drug-likeness (QED) is 0.835. The lowest BCUT2D eigenvalue weighted by Crippen LogP contribution is -2.38. The molecule has 2 N–H and O–H groups in total. The van der Waals surface area contributed by atoms with Gasteiger partial charge < -0.3 is 14.6 Å². The van der Waals surface area contributed by atoms with Crippen LogP contribution in [-0.4, -0.2) is 54.4 Å². The lowest BCUT2D eigenvalue weighted by molar-refractivity contribution is 0.0322. The molecule has 1 aliphatic heterocycles. The van der Waals surface area contributed by atoms with Gasteiger partial charge in [-0.2, -0.15) is 0 Å². The molecule has 0 unspecified atom stereocenters. The van der Waals surface area contributed by atoms with E-state index in [-0.39, 0.29) is 10.8 Å². The lowest BCUT2D eigenvalue weighted by Gasteiger charge is -2.26. The second-order valence-corrected chi connectivity index (χ2v) is 6.48. The molecule has 1 aromatic heterocycles. The van der Waals surface area contributed by atoms with Crippen LogP contribution in [-0.2, 0) is 11.2 Å². The van der Waals surface area contributed by atoms with Gasteiger partial charge in [0.05, 0.1) is 18.1 Å². The summed E-state index contributed by atoms with van der Waals surface area (Å²) in [4.78, 5) is 16.3. The number of rotatable bonds is 6. The number of aromatic hydroxyl groups is 1. The molecule has 0 spiro atoms. The molecule has 0 radical (unpaired) electrons. The number of morpholine rings is 1. The molecule has 1 aromatic carbocycles. The van der Waals surface area contributed by atoms with Crippen molar-refractivity contribution in [3.05, 3.63) is 44.4 Å². The second kappa shape index (κ2) is 7.63. The van der Waals surface area contributed by atoms with E-state index in [0.29, 0.717) is 17.9 Å². The molecule has 23 heavy (non-hydrogen) atoms. The standard InChI is InChI=1S/C16H20N2O4S/c19-15-14(23-16(20)17-15)11-12-1-3-13(4-2-12)22-10-7-18-5-8-21-9-6-18/h1-4,19H,5-11H2,(H,17,20). The molecule has 2 aromatic rings. The van der Waals surface area contributed by atoms with E-state index >= 15 is 0 Å². The Kier molecular flexibility index (Phi) is 5.32. The molecule has 124 valence electrons. The minimum atomic E-state index is -0.236. The average Bonchev–Trinajstić information content (AvgIpc) is 2.88. The molecule has 0 aliphatic carbocycles. The van der Waals surface area contributed by atoms with Crippen molar-refractivity contribution >= 4 is 11.3 Å². The fourth-order valence-corrected chi connectivity index (χ4v) is 3.24. The Morgan fingerprint density at radius 2 is 2.00 bits per heavy atom. The van der Waals surface area contributed by atoms with E-state index in [0.717, 1.165) is 55.5 Å². The summed E-state index contributed by atoms with van der Waals surface area (Å²) in [7, 11) is 0. The first-order chi connectivity index (χ1) is 11.2. The zero-order valence-corrected chi connectivity index (χ0v) is 13.6. The van der Waals surface area contributed by atoms with Crippen LogP contribution in [0.2, 0.25) is 0 Å². The maximum absolute atomic E-state index is 11.2. The Morgan fingerprint density at radius 1 is 1.26 bits per heavy atom.